The van der Waals surface area contributed by atoms with Crippen LogP contribution in [0.25, 0.3) is 0 Å². The van der Waals surface area contributed by atoms with Gasteiger partial charge in [0.15, 0.2) is 0 Å². The topological polar surface area (TPSA) is 345 Å². The van der Waals surface area contributed by atoms with E-state index >= 15 is 0 Å². The van der Waals surface area contributed by atoms with Crippen molar-refractivity contribution < 1.29 is 111 Å². The fourth-order valence-corrected chi connectivity index (χ4v) is 12.5. The SMILES string of the molecule is CC(C)(C)OC(=O)N1Cc2ccccc2C1CC(=O)N[C@H](Cc1ccc(Cl)cc1)C(=O)O.CC(C)(C)OC(=O)N1Cc2ccccc2C1CC(=O)O.CC(C)(C)OC(=O)N1Cc2ccccc2C1CC(=O)O.COC(=O)[C@@H](Cc1ccc(Cl)cc1)NC(=O)CC1c2ccccc2CN1C(=O)OC(C)(C)C.[Li+].[OH-]. The molecule has 0 fully saturated rings. The molecule has 6 amide bonds. The number of methoxy groups -OCH3 is 1. The molecule has 0 radical (unpaired) electrons. The molecule has 0 aromatic heterocycles. The third-order valence-corrected chi connectivity index (χ3v) is 17.2. The second-order valence-corrected chi connectivity index (χ2v) is 30.5. The van der Waals surface area contributed by atoms with Crippen LogP contribution in [0.2, 0.25) is 10.0 Å². The number of nitrogens with one attached hydrogen (secondary N) is 2. The van der Waals surface area contributed by atoms with E-state index in [2.05, 4.69) is 10.6 Å². The van der Waals surface area contributed by atoms with Gasteiger partial charge in [0.05, 0.1) is 57.0 Å². The summed E-state index contributed by atoms with van der Waals surface area (Å²) in [6.45, 7) is 23.0. The maximum absolute atomic E-state index is 13.0. The predicted octanol–water partition coefficient (Wildman–Crippen LogP) is 11.5. The van der Waals surface area contributed by atoms with E-state index in [9.17, 15) is 53.1 Å². The molecule has 6 aromatic carbocycles. The normalized spacial score (nSPS) is 16.4. The van der Waals surface area contributed by atoms with Gasteiger partial charge in [-0.05, 0) is 163 Å². The van der Waals surface area contributed by atoms with Crippen LogP contribution in [-0.4, -0.2) is 142 Å². The molecule has 6 N–H and O–H groups in total. The predicted molar refractivity (Wildman–Crippen MR) is 393 cm³/mol. The molecule has 570 valence electrons. The number of carbonyl (C=O) groups is 10. The summed E-state index contributed by atoms with van der Waals surface area (Å²) in [5, 5.41) is 34.2. The van der Waals surface area contributed by atoms with Gasteiger partial charge in [0.1, 0.15) is 34.5 Å². The van der Waals surface area contributed by atoms with Crippen molar-refractivity contribution in [1.29, 1.82) is 0 Å². The number of amides is 6. The Kier molecular flexibility index (Phi) is 31.5. The van der Waals surface area contributed by atoms with E-state index < -0.39 is 113 Å². The van der Waals surface area contributed by atoms with Crippen LogP contribution in [0, 0.1) is 0 Å². The molecular formula is C79H95Cl2LiN6O19. The van der Waals surface area contributed by atoms with Gasteiger partial charge in [0.2, 0.25) is 11.8 Å². The number of carboxylic acid groups (broad SMARTS) is 3. The Morgan fingerprint density at radius 1 is 0.402 bits per heavy atom. The zero-order chi connectivity index (χ0) is 77.5. The third kappa shape index (κ3) is 26.4. The van der Waals surface area contributed by atoms with Crippen molar-refractivity contribution in [1.82, 2.24) is 30.2 Å². The standard InChI is InChI=1S/C25H29ClN2O5.C24H27ClN2O5.2C15H19NO4.Li.H2O/c1-25(2,3)33-24(31)28-15-17-7-5-6-8-19(17)21(28)14-22(29)27-20(23(30)32-4)13-16-9-11-18(26)12-10-16;1-24(2,3)32-23(31)27-14-16-6-4-5-7-18(16)20(27)13-21(28)26-19(22(29)30)12-15-8-10-17(25)11-9-15;2*1-15(2,3)20-14(19)16-9-10-6-4-5-7-11(10)12(16)8-13(17)18;;/h5-12,20-21H,13-15H2,1-4H3,(H,27,29);4-11,19-20H,12-14H2,1-3H3,(H,26,28)(H,29,30);2*4-7,12H,8-9H2,1-3H3,(H,17,18);;1H2/q;;;;+1;/p-1/t20-,21?;19-,20?;;;;/m11..../s1. The van der Waals surface area contributed by atoms with Crippen LogP contribution in [0.15, 0.2) is 146 Å². The minimum absolute atomic E-state index is 0. The number of hydrogen-bond donors (Lipinski definition) is 5. The Labute approximate surface area is 645 Å². The Morgan fingerprint density at radius 2 is 0.645 bits per heavy atom. The number of ether oxygens (including phenoxy) is 5. The molecule has 6 atom stereocenters. The molecule has 0 bridgehead atoms. The number of halogens is 2. The summed E-state index contributed by atoms with van der Waals surface area (Å²) < 4.78 is 26.7. The average molecular weight is 1510 g/mol. The van der Waals surface area contributed by atoms with Gasteiger partial charge in [0.25, 0.3) is 0 Å². The van der Waals surface area contributed by atoms with E-state index in [0.29, 0.717) is 36.2 Å². The minimum atomic E-state index is -1.14. The van der Waals surface area contributed by atoms with Crippen molar-refractivity contribution in [2.75, 3.05) is 7.11 Å². The Balaban J connectivity index is 0.000000261. The Hall–Kier alpha value is -9.64. The van der Waals surface area contributed by atoms with Gasteiger partial charge < -0.3 is 55.1 Å². The smallest absolute Gasteiger partial charge is 0.870 e. The van der Waals surface area contributed by atoms with Crippen molar-refractivity contribution in [3.63, 3.8) is 0 Å². The van der Waals surface area contributed by atoms with Crippen molar-refractivity contribution in [3.05, 3.63) is 211 Å². The van der Waals surface area contributed by atoms with Crippen molar-refractivity contribution in [3.8, 4) is 0 Å². The number of carbonyl (C=O) groups excluding carboxylic acids is 7. The van der Waals surface area contributed by atoms with Crippen LogP contribution >= 0.6 is 23.2 Å². The van der Waals surface area contributed by atoms with Crippen LogP contribution in [-0.2, 0) is 91.5 Å². The van der Waals surface area contributed by atoms with Crippen molar-refractivity contribution in [2.45, 2.75) is 206 Å². The van der Waals surface area contributed by atoms with Gasteiger partial charge in [0, 0.05) is 49.1 Å². The number of benzene rings is 6. The van der Waals surface area contributed by atoms with Crippen LogP contribution in [0.5, 0.6) is 0 Å². The molecule has 4 unspecified atom stereocenters. The summed E-state index contributed by atoms with van der Waals surface area (Å²) in [4.78, 5) is 128. The molecule has 0 saturated heterocycles. The summed E-state index contributed by atoms with van der Waals surface area (Å²) in [7, 11) is 1.28. The number of esters is 1. The molecule has 6 aromatic rings. The first-order chi connectivity index (χ1) is 49.2. The maximum Gasteiger partial charge on any atom is 1.00 e. The van der Waals surface area contributed by atoms with E-state index in [1.165, 1.54) is 21.8 Å². The van der Waals surface area contributed by atoms with Crippen molar-refractivity contribution in [2.24, 2.45) is 0 Å². The van der Waals surface area contributed by atoms with Gasteiger partial charge in [-0.25, -0.2) is 28.8 Å². The molecule has 10 rings (SSSR count). The molecule has 107 heavy (non-hydrogen) atoms. The number of fused-ring (bicyclic) bond motifs is 4. The van der Waals surface area contributed by atoms with Gasteiger partial charge in [-0.15, -0.1) is 0 Å². The molecule has 25 nitrogen and oxygen atoms in total. The first kappa shape index (κ1) is 88.0. The quantitative estimate of drug-likeness (QED) is 0.0341. The van der Waals surface area contributed by atoms with E-state index in [-0.39, 0.29) is 68.8 Å². The maximum atomic E-state index is 13.0. The van der Waals surface area contributed by atoms with Gasteiger partial charge in [-0.1, -0.05) is 145 Å². The molecule has 4 aliphatic heterocycles. The Bertz CT molecular complexity index is 4020. The first-order valence-corrected chi connectivity index (χ1v) is 35.0. The first-order valence-electron chi connectivity index (χ1n) is 34.3. The molecule has 0 saturated carbocycles. The molecule has 0 aliphatic carbocycles. The van der Waals surface area contributed by atoms with Crippen LogP contribution in [0.3, 0.4) is 0 Å². The molecule has 28 heteroatoms. The van der Waals surface area contributed by atoms with Gasteiger partial charge >= 0.3 is 67.1 Å². The second kappa shape index (κ2) is 38.2. The van der Waals surface area contributed by atoms with E-state index in [1.807, 2.05) is 97.1 Å². The monoisotopic (exact) mass is 1510 g/mol. The second-order valence-electron chi connectivity index (χ2n) is 29.7. The van der Waals surface area contributed by atoms with Crippen LogP contribution in [0.1, 0.15) is 189 Å². The summed E-state index contributed by atoms with van der Waals surface area (Å²) >= 11 is 11.8. The van der Waals surface area contributed by atoms with E-state index in [0.717, 1.165) is 55.6 Å². The third-order valence-electron chi connectivity index (χ3n) is 16.7. The number of nitrogens with zero attached hydrogens (tertiary/aromatic N) is 4. The number of aliphatic carboxylic acids is 3. The van der Waals surface area contributed by atoms with Crippen molar-refractivity contribution >= 4 is 83.3 Å². The summed E-state index contributed by atoms with van der Waals surface area (Å²) in [5.41, 5.74) is 6.43. The van der Waals surface area contributed by atoms with Gasteiger partial charge in [-0.2, -0.15) is 0 Å². The van der Waals surface area contributed by atoms with E-state index in [4.69, 9.17) is 57.1 Å². The Morgan fingerprint density at radius 3 is 0.888 bits per heavy atom. The molecular weight excluding hydrogens is 1410 g/mol. The number of carboxylic acids is 3. The average Bonchev–Trinajstić information content (AvgIpc) is 1.67. The zero-order valence-electron chi connectivity index (χ0n) is 62.8. The minimum Gasteiger partial charge on any atom is -0.870 e. The number of hydrogen-bond acceptors (Lipinski definition) is 16. The van der Waals surface area contributed by atoms with Gasteiger partial charge in [-0.3, -0.25) is 38.8 Å². The number of rotatable bonds is 16. The fraction of sp³-hybridized carbons (Fsp3) is 0.418. The molecule has 4 heterocycles. The molecule has 4 aliphatic rings. The summed E-state index contributed by atoms with van der Waals surface area (Å²) in [6.07, 6.45) is -1.87. The van der Waals surface area contributed by atoms with E-state index in [1.54, 1.807) is 137 Å². The zero-order valence-corrected chi connectivity index (χ0v) is 64.4. The largest absolute Gasteiger partial charge is 1.00 e. The summed E-state index contributed by atoms with van der Waals surface area (Å²) in [6, 6.07) is 40.1. The van der Waals surface area contributed by atoms with Crippen LogP contribution in [0.4, 0.5) is 19.2 Å². The van der Waals surface area contributed by atoms with Crippen LogP contribution < -0.4 is 29.5 Å². The summed E-state index contributed by atoms with van der Waals surface area (Å²) in [5.74, 6) is -4.37. The fourth-order valence-electron chi connectivity index (χ4n) is 12.2. The molecule has 0 spiro atoms.